The number of hydrogen-bond donors (Lipinski definition) is 0. The number of ether oxygens (including phenoxy) is 1. The second kappa shape index (κ2) is 13.5. The van der Waals surface area contributed by atoms with Crippen molar-refractivity contribution in [1.29, 1.82) is 0 Å². The number of carbonyl (C=O) groups is 2. The van der Waals surface area contributed by atoms with Gasteiger partial charge in [0.05, 0.1) is 0 Å². The molecule has 4 atom stereocenters. The predicted molar refractivity (Wildman–Crippen MR) is 245 cm³/mol. The van der Waals surface area contributed by atoms with E-state index < -0.39 is 38.8 Å². The van der Waals surface area contributed by atoms with Crippen LogP contribution in [-0.4, -0.2) is 28.1 Å². The van der Waals surface area contributed by atoms with Gasteiger partial charge in [-0.05, 0) is 89.9 Å². The SMILES string of the molecule is CC(C)[Si](C#Cc1ccc(C#C[Si](C(C)C)(C(C)C)C(C)C)c2c1[C@H]1c3ccccc3[C@@H]2[C@]23C(=O)OC(=O)[C@]12C1c2ccccc2C3c2ccccc21)(C(C)C)C(C)C. The Morgan fingerprint density at radius 2 is 0.678 bits per heavy atom. The molecule has 7 aliphatic rings. The highest BCUT2D eigenvalue weighted by molar-refractivity contribution is 6.91. The average molecular weight is 813 g/mol. The normalized spacial score (nSPS) is 25.6. The third-order valence-electron chi connectivity index (χ3n) is 16.6. The molecule has 6 aliphatic carbocycles. The van der Waals surface area contributed by atoms with Crippen molar-refractivity contribution >= 4 is 28.1 Å². The number of benzene rings is 4. The van der Waals surface area contributed by atoms with Crippen LogP contribution < -0.4 is 0 Å². The number of hydrogen-bond acceptors (Lipinski definition) is 3. The van der Waals surface area contributed by atoms with E-state index in [0.717, 1.165) is 55.6 Å². The summed E-state index contributed by atoms with van der Waals surface area (Å²) in [6.07, 6.45) is 0. The minimum atomic E-state index is -2.17. The van der Waals surface area contributed by atoms with Gasteiger partial charge in [0.1, 0.15) is 27.0 Å². The molecule has 3 nitrogen and oxygen atoms in total. The van der Waals surface area contributed by atoms with Crippen LogP contribution in [0.2, 0.25) is 33.2 Å². The van der Waals surface area contributed by atoms with E-state index in [9.17, 15) is 0 Å². The fourth-order valence-electron chi connectivity index (χ4n) is 14.7. The molecule has 1 saturated heterocycles. The second-order valence-electron chi connectivity index (χ2n) is 20.3. The first-order chi connectivity index (χ1) is 28.1. The van der Waals surface area contributed by atoms with Gasteiger partial charge in [0, 0.05) is 34.8 Å². The van der Waals surface area contributed by atoms with Crippen LogP contribution in [0.15, 0.2) is 84.9 Å². The zero-order valence-electron chi connectivity index (χ0n) is 37.1. The first-order valence-corrected chi connectivity index (χ1v) is 26.8. The Morgan fingerprint density at radius 1 is 0.424 bits per heavy atom. The van der Waals surface area contributed by atoms with Crippen molar-refractivity contribution in [3.8, 4) is 22.9 Å². The first kappa shape index (κ1) is 40.0. The quantitative estimate of drug-likeness (QED) is 0.0843. The first-order valence-electron chi connectivity index (χ1n) is 22.3. The molecule has 4 aromatic rings. The monoisotopic (exact) mass is 812 g/mol. The van der Waals surface area contributed by atoms with Crippen molar-refractivity contribution in [3.05, 3.63) is 141 Å². The molecule has 5 heteroatoms. The lowest BCUT2D eigenvalue weighted by atomic mass is 9.29. The molecule has 4 aromatic carbocycles. The Morgan fingerprint density at radius 3 is 0.932 bits per heavy atom. The fraction of sp³-hybridized carbons (Fsp3) is 0.444. The summed E-state index contributed by atoms with van der Waals surface area (Å²) in [5, 5.41) is 0. The summed E-state index contributed by atoms with van der Waals surface area (Å²) >= 11 is 0. The molecule has 1 fully saturated rings. The fourth-order valence-corrected chi connectivity index (χ4v) is 25.2. The predicted octanol–water partition coefficient (Wildman–Crippen LogP) is 12.8. The molecule has 0 aromatic heterocycles. The molecule has 0 radical (unpaired) electrons. The second-order valence-corrected chi connectivity index (χ2v) is 31.5. The van der Waals surface area contributed by atoms with Crippen molar-refractivity contribution in [3.63, 3.8) is 0 Å². The van der Waals surface area contributed by atoms with Gasteiger partial charge in [0.15, 0.2) is 0 Å². The smallest absolute Gasteiger partial charge is 0.322 e. The summed E-state index contributed by atoms with van der Waals surface area (Å²) in [5.41, 5.74) is 19.5. The largest absolute Gasteiger partial charge is 0.392 e. The minimum absolute atomic E-state index is 0.373. The van der Waals surface area contributed by atoms with Crippen LogP contribution in [0.25, 0.3) is 0 Å². The van der Waals surface area contributed by atoms with E-state index in [1.54, 1.807) is 0 Å². The molecule has 0 saturated carbocycles. The van der Waals surface area contributed by atoms with E-state index in [-0.39, 0.29) is 23.8 Å². The Bertz CT molecular complexity index is 2310. The standard InChI is InChI=1S/C54H60O3Si2/c1-31(2)58(32(3)4,33(5)6)29-27-37-25-26-38(28-30-59(34(7)8,35(9)10)36(11)12)46-45(37)49-43-23-17-18-24-44(43)50(46)54-48-41-21-15-13-19-39(41)47(40-20-14-16-22-42(40)48)53(49,54)51(55)57-52(54)56/h13-26,31-36,47-50H,1-12H3/t47?,48?,49-,50+,53+,54-. The van der Waals surface area contributed by atoms with Crippen molar-refractivity contribution in [2.24, 2.45) is 10.8 Å². The van der Waals surface area contributed by atoms with E-state index >= 15 is 9.59 Å². The maximum Gasteiger partial charge on any atom is 0.322 e. The van der Waals surface area contributed by atoms with E-state index in [2.05, 4.69) is 191 Å². The highest BCUT2D eigenvalue weighted by Crippen LogP contribution is 2.85. The Hall–Kier alpha value is -4.43. The highest BCUT2D eigenvalue weighted by Gasteiger charge is 2.87. The number of esters is 2. The van der Waals surface area contributed by atoms with Gasteiger partial charge in [-0.3, -0.25) is 9.59 Å². The highest BCUT2D eigenvalue weighted by atomic mass is 28.3. The Balaban J connectivity index is 1.46. The maximum atomic E-state index is 15.6. The molecule has 0 N–H and O–H groups in total. The van der Waals surface area contributed by atoms with Crippen LogP contribution in [0.3, 0.4) is 0 Å². The topological polar surface area (TPSA) is 43.4 Å². The van der Waals surface area contributed by atoms with Gasteiger partial charge in [-0.1, -0.05) is 168 Å². The molecule has 302 valence electrons. The summed E-state index contributed by atoms with van der Waals surface area (Å²) in [6, 6.07) is 30.3. The van der Waals surface area contributed by atoms with E-state index in [0.29, 0.717) is 33.2 Å². The third kappa shape index (κ3) is 4.68. The lowest BCUT2D eigenvalue weighted by Gasteiger charge is -2.68. The minimum Gasteiger partial charge on any atom is -0.392 e. The van der Waals surface area contributed by atoms with Gasteiger partial charge in [-0.15, -0.1) is 11.1 Å². The Kier molecular flexibility index (Phi) is 9.18. The number of cyclic esters (lactones) is 2. The van der Waals surface area contributed by atoms with Gasteiger partial charge >= 0.3 is 11.9 Å². The van der Waals surface area contributed by atoms with Crippen molar-refractivity contribution in [2.45, 2.75) is 140 Å². The summed E-state index contributed by atoms with van der Waals surface area (Å²) in [6.45, 7) is 28.4. The van der Waals surface area contributed by atoms with Gasteiger partial charge in [-0.25, -0.2) is 0 Å². The van der Waals surface area contributed by atoms with Crippen LogP contribution >= 0.6 is 0 Å². The number of carbonyl (C=O) groups excluding carboxylic acids is 2. The van der Waals surface area contributed by atoms with Crippen LogP contribution in [0.5, 0.6) is 0 Å². The van der Waals surface area contributed by atoms with E-state index in [1.807, 2.05) is 0 Å². The molecule has 11 rings (SSSR count). The molecule has 0 amide bonds. The summed E-state index contributed by atoms with van der Waals surface area (Å²) in [5.74, 6) is 5.44. The molecule has 1 heterocycles. The third-order valence-corrected chi connectivity index (χ3v) is 29.2. The van der Waals surface area contributed by atoms with Crippen LogP contribution in [-0.2, 0) is 14.3 Å². The molecule has 4 bridgehead atoms. The maximum absolute atomic E-state index is 15.6. The molecular formula is C54H60O3Si2. The lowest BCUT2D eigenvalue weighted by Crippen LogP contribution is -2.68. The molecular weight excluding hydrogens is 753 g/mol. The Labute approximate surface area is 355 Å². The molecule has 59 heavy (non-hydrogen) atoms. The van der Waals surface area contributed by atoms with Gasteiger partial charge in [-0.2, -0.15) is 0 Å². The summed E-state index contributed by atoms with van der Waals surface area (Å²) in [7, 11) is -4.33. The van der Waals surface area contributed by atoms with E-state index in [1.165, 1.54) is 0 Å². The van der Waals surface area contributed by atoms with Crippen molar-refractivity contribution in [2.75, 3.05) is 0 Å². The lowest BCUT2D eigenvalue weighted by molar-refractivity contribution is -0.156. The zero-order chi connectivity index (χ0) is 42.1. The number of rotatable bonds is 6. The average Bonchev–Trinajstić information content (AvgIpc) is 3.45. The molecule has 0 spiro atoms. The van der Waals surface area contributed by atoms with Crippen LogP contribution in [0, 0.1) is 33.8 Å². The van der Waals surface area contributed by atoms with Crippen LogP contribution in [0.4, 0.5) is 0 Å². The summed E-state index contributed by atoms with van der Waals surface area (Å²) < 4.78 is 6.28. The molecule has 1 aliphatic heterocycles. The van der Waals surface area contributed by atoms with E-state index in [4.69, 9.17) is 4.74 Å². The van der Waals surface area contributed by atoms with Crippen LogP contribution in [0.1, 0.15) is 162 Å². The zero-order valence-corrected chi connectivity index (χ0v) is 39.1. The van der Waals surface area contributed by atoms with Gasteiger partial charge in [0.25, 0.3) is 0 Å². The van der Waals surface area contributed by atoms with Gasteiger partial charge in [0.2, 0.25) is 0 Å². The molecule has 0 unspecified atom stereocenters. The van der Waals surface area contributed by atoms with Crippen molar-refractivity contribution in [1.82, 2.24) is 0 Å². The van der Waals surface area contributed by atoms with Crippen molar-refractivity contribution < 1.29 is 14.3 Å². The summed E-state index contributed by atoms with van der Waals surface area (Å²) in [4.78, 5) is 31.1. The van der Waals surface area contributed by atoms with Gasteiger partial charge < -0.3 is 4.74 Å².